The Bertz CT molecular complexity index is 823. The molecule has 0 aliphatic rings. The van der Waals surface area contributed by atoms with Gasteiger partial charge in [-0.2, -0.15) is 0 Å². The number of aromatic nitrogens is 1. The highest BCUT2D eigenvalue weighted by molar-refractivity contribution is 5.94. The number of aliphatic imine (C=N–C) groups is 1. The summed E-state index contributed by atoms with van der Waals surface area (Å²) >= 11 is 0. The summed E-state index contributed by atoms with van der Waals surface area (Å²) in [5, 5.41) is 11.2. The molecule has 1 heterocycles. The second kappa shape index (κ2) is 6.26. The highest BCUT2D eigenvalue weighted by Gasteiger charge is 2.06. The van der Waals surface area contributed by atoms with E-state index >= 15 is 0 Å². The molecule has 0 aliphatic carbocycles. The summed E-state index contributed by atoms with van der Waals surface area (Å²) in [6.45, 7) is 2.38. The van der Waals surface area contributed by atoms with Crippen LogP contribution in [-0.2, 0) is 0 Å². The van der Waals surface area contributed by atoms with Crippen molar-refractivity contribution in [3.8, 4) is 11.5 Å². The molecule has 4 nitrogen and oxygen atoms in total. The van der Waals surface area contributed by atoms with Gasteiger partial charge in [-0.15, -0.1) is 0 Å². The van der Waals surface area contributed by atoms with E-state index in [1.807, 2.05) is 43.3 Å². The van der Waals surface area contributed by atoms with Crippen LogP contribution >= 0.6 is 0 Å². The topological polar surface area (TPSA) is 54.7 Å². The van der Waals surface area contributed by atoms with Crippen LogP contribution in [0.4, 0.5) is 5.69 Å². The smallest absolute Gasteiger partial charge is 0.166 e. The first-order valence-electron chi connectivity index (χ1n) is 7.12. The molecule has 0 radical (unpaired) electrons. The summed E-state index contributed by atoms with van der Waals surface area (Å²) in [7, 11) is 0. The predicted octanol–water partition coefficient (Wildman–Crippen LogP) is 4.09. The summed E-state index contributed by atoms with van der Waals surface area (Å²) in [6, 6.07) is 15.0. The predicted molar refractivity (Wildman–Crippen MR) is 88.3 cm³/mol. The summed E-state index contributed by atoms with van der Waals surface area (Å²) in [5.41, 5.74) is 2.32. The molecule has 0 atom stereocenters. The SMILES string of the molecule is CCOc1cccc(C=Nc2cccc3ncccc23)c1O. The Morgan fingerprint density at radius 3 is 2.86 bits per heavy atom. The molecule has 2 aromatic carbocycles. The van der Waals surface area contributed by atoms with Gasteiger partial charge in [0.1, 0.15) is 0 Å². The monoisotopic (exact) mass is 292 g/mol. The zero-order chi connectivity index (χ0) is 15.4. The highest BCUT2D eigenvalue weighted by atomic mass is 16.5. The quantitative estimate of drug-likeness (QED) is 0.737. The first-order chi connectivity index (χ1) is 10.8. The number of para-hydroxylation sites is 1. The number of phenolic OH excluding ortho intramolecular Hbond substituents is 1. The van der Waals surface area contributed by atoms with Crippen LogP contribution in [0.15, 0.2) is 59.7 Å². The molecule has 0 saturated heterocycles. The lowest BCUT2D eigenvalue weighted by atomic mass is 10.1. The van der Waals surface area contributed by atoms with Crippen molar-refractivity contribution < 1.29 is 9.84 Å². The third kappa shape index (κ3) is 2.76. The minimum absolute atomic E-state index is 0.103. The maximum atomic E-state index is 10.2. The molecular formula is C18H16N2O2. The van der Waals surface area contributed by atoms with Gasteiger partial charge < -0.3 is 9.84 Å². The highest BCUT2D eigenvalue weighted by Crippen LogP contribution is 2.30. The number of benzene rings is 2. The zero-order valence-corrected chi connectivity index (χ0v) is 12.2. The fraction of sp³-hybridized carbons (Fsp3) is 0.111. The minimum Gasteiger partial charge on any atom is -0.504 e. The molecule has 0 saturated carbocycles. The maximum Gasteiger partial charge on any atom is 0.166 e. The molecule has 110 valence electrons. The molecule has 0 unspecified atom stereocenters. The molecule has 1 aromatic heterocycles. The Kier molecular flexibility index (Phi) is 4.01. The number of rotatable bonds is 4. The van der Waals surface area contributed by atoms with Gasteiger partial charge in [-0.05, 0) is 43.3 Å². The van der Waals surface area contributed by atoms with E-state index in [1.165, 1.54) is 0 Å². The Labute approximate surface area is 128 Å². The number of hydrogen-bond acceptors (Lipinski definition) is 4. The Balaban J connectivity index is 1.98. The van der Waals surface area contributed by atoms with Crippen molar-refractivity contribution in [1.82, 2.24) is 4.98 Å². The number of hydrogen-bond donors (Lipinski definition) is 1. The lowest BCUT2D eigenvalue weighted by molar-refractivity contribution is 0.318. The molecule has 0 aliphatic heterocycles. The molecule has 4 heteroatoms. The van der Waals surface area contributed by atoms with Gasteiger partial charge in [0.05, 0.1) is 17.8 Å². The molecule has 0 spiro atoms. The van der Waals surface area contributed by atoms with Gasteiger partial charge in [-0.1, -0.05) is 12.1 Å². The van der Waals surface area contributed by atoms with E-state index in [0.29, 0.717) is 17.9 Å². The Morgan fingerprint density at radius 2 is 2.00 bits per heavy atom. The second-order valence-corrected chi connectivity index (χ2v) is 4.73. The van der Waals surface area contributed by atoms with Gasteiger partial charge >= 0.3 is 0 Å². The van der Waals surface area contributed by atoms with Crippen molar-refractivity contribution in [2.24, 2.45) is 4.99 Å². The van der Waals surface area contributed by atoms with Gasteiger partial charge in [-0.3, -0.25) is 9.98 Å². The van der Waals surface area contributed by atoms with Crippen LogP contribution in [-0.4, -0.2) is 22.9 Å². The fourth-order valence-corrected chi connectivity index (χ4v) is 2.25. The summed E-state index contributed by atoms with van der Waals surface area (Å²) in [4.78, 5) is 8.80. The average Bonchev–Trinajstić information content (AvgIpc) is 2.56. The van der Waals surface area contributed by atoms with Crippen molar-refractivity contribution in [2.45, 2.75) is 6.92 Å². The van der Waals surface area contributed by atoms with E-state index in [4.69, 9.17) is 4.74 Å². The number of pyridine rings is 1. The van der Waals surface area contributed by atoms with E-state index < -0.39 is 0 Å². The second-order valence-electron chi connectivity index (χ2n) is 4.73. The van der Waals surface area contributed by atoms with Crippen LogP contribution in [0.25, 0.3) is 10.9 Å². The van der Waals surface area contributed by atoms with Crippen LogP contribution in [0.1, 0.15) is 12.5 Å². The minimum atomic E-state index is 0.103. The van der Waals surface area contributed by atoms with Crippen molar-refractivity contribution in [3.63, 3.8) is 0 Å². The Morgan fingerprint density at radius 1 is 1.14 bits per heavy atom. The normalized spacial score (nSPS) is 11.1. The van der Waals surface area contributed by atoms with E-state index in [1.54, 1.807) is 24.5 Å². The van der Waals surface area contributed by atoms with Crippen LogP contribution in [0.2, 0.25) is 0 Å². The Hall–Kier alpha value is -2.88. The third-order valence-electron chi connectivity index (χ3n) is 3.30. The largest absolute Gasteiger partial charge is 0.504 e. The molecule has 0 fully saturated rings. The van der Waals surface area contributed by atoms with E-state index in [9.17, 15) is 5.11 Å². The van der Waals surface area contributed by atoms with E-state index in [0.717, 1.165) is 16.6 Å². The molecule has 22 heavy (non-hydrogen) atoms. The van der Waals surface area contributed by atoms with Gasteiger partial charge in [0.25, 0.3) is 0 Å². The van der Waals surface area contributed by atoms with Crippen molar-refractivity contribution in [2.75, 3.05) is 6.61 Å². The van der Waals surface area contributed by atoms with Crippen LogP contribution < -0.4 is 4.74 Å². The fourth-order valence-electron chi connectivity index (χ4n) is 2.25. The lowest BCUT2D eigenvalue weighted by Crippen LogP contribution is -1.93. The first-order valence-corrected chi connectivity index (χ1v) is 7.12. The zero-order valence-electron chi connectivity index (χ0n) is 12.2. The lowest BCUT2D eigenvalue weighted by Gasteiger charge is -2.07. The number of ether oxygens (including phenoxy) is 1. The van der Waals surface area contributed by atoms with Gasteiger partial charge in [-0.25, -0.2) is 0 Å². The van der Waals surface area contributed by atoms with E-state index in [-0.39, 0.29) is 5.75 Å². The van der Waals surface area contributed by atoms with Crippen molar-refractivity contribution in [3.05, 3.63) is 60.3 Å². The van der Waals surface area contributed by atoms with E-state index in [2.05, 4.69) is 9.98 Å². The molecule has 3 aromatic rings. The van der Waals surface area contributed by atoms with Gasteiger partial charge in [0.2, 0.25) is 0 Å². The maximum absolute atomic E-state index is 10.2. The number of phenols is 1. The summed E-state index contributed by atoms with van der Waals surface area (Å²) < 4.78 is 5.38. The average molecular weight is 292 g/mol. The van der Waals surface area contributed by atoms with Crippen LogP contribution in [0.5, 0.6) is 11.5 Å². The molecular weight excluding hydrogens is 276 g/mol. The first kappa shape index (κ1) is 14.1. The van der Waals surface area contributed by atoms with Crippen molar-refractivity contribution >= 4 is 22.8 Å². The van der Waals surface area contributed by atoms with Crippen molar-refractivity contribution in [1.29, 1.82) is 0 Å². The standard InChI is InChI=1S/C18H16N2O2/c1-2-22-17-10-3-6-13(18(17)21)12-20-16-9-4-8-15-14(16)7-5-11-19-15/h3-12,21H,2H2,1H3. The summed E-state index contributed by atoms with van der Waals surface area (Å²) in [6.07, 6.45) is 3.40. The van der Waals surface area contributed by atoms with Crippen LogP contribution in [0, 0.1) is 0 Å². The molecule has 1 N–H and O–H groups in total. The number of aromatic hydroxyl groups is 1. The van der Waals surface area contributed by atoms with Gasteiger partial charge in [0.15, 0.2) is 11.5 Å². The molecule has 3 rings (SSSR count). The molecule has 0 bridgehead atoms. The number of fused-ring (bicyclic) bond motifs is 1. The summed E-state index contributed by atoms with van der Waals surface area (Å²) in [5.74, 6) is 0.567. The van der Waals surface area contributed by atoms with Gasteiger partial charge in [0, 0.05) is 23.4 Å². The number of nitrogens with zero attached hydrogens (tertiary/aromatic N) is 2. The molecule has 0 amide bonds. The third-order valence-corrected chi connectivity index (χ3v) is 3.30. The van der Waals surface area contributed by atoms with Crippen LogP contribution in [0.3, 0.4) is 0 Å².